The van der Waals surface area contributed by atoms with Crippen molar-refractivity contribution >= 4 is 50.6 Å². The van der Waals surface area contributed by atoms with Crippen LogP contribution < -0.4 is 11.1 Å². The first-order chi connectivity index (χ1) is 9.88. The van der Waals surface area contributed by atoms with Crippen molar-refractivity contribution < 1.29 is 9.72 Å². The van der Waals surface area contributed by atoms with Gasteiger partial charge in [0.05, 0.1) is 15.6 Å². The molecule has 0 saturated heterocycles. The fraction of sp³-hybridized carbons (Fsp3) is 0. The smallest absolute Gasteiger partial charge is 0.275 e. The number of rotatable bonds is 3. The number of nitrogens with one attached hydrogen (secondary N) is 1. The maximum atomic E-state index is 12.1. The lowest BCUT2D eigenvalue weighted by Gasteiger charge is -2.08. The van der Waals surface area contributed by atoms with Crippen molar-refractivity contribution in [2.75, 3.05) is 11.1 Å². The molecule has 21 heavy (non-hydrogen) atoms. The number of hydrogen-bond donors (Lipinski definition) is 2. The summed E-state index contributed by atoms with van der Waals surface area (Å²) in [5, 5.41) is 13.4. The van der Waals surface area contributed by atoms with Crippen molar-refractivity contribution in [2.24, 2.45) is 0 Å². The average Bonchev–Trinajstić information content (AvgIpc) is 2.43. The fourth-order valence-corrected chi connectivity index (χ4v) is 2.06. The maximum absolute atomic E-state index is 12.1. The maximum Gasteiger partial charge on any atom is 0.275 e. The molecule has 0 unspecified atom stereocenters. The van der Waals surface area contributed by atoms with Crippen LogP contribution >= 0.6 is 27.5 Å². The second kappa shape index (κ2) is 6.06. The molecular weight excluding hydrogens is 364 g/mol. The number of carbonyl (C=O) groups excluding carboxylic acids is 1. The lowest BCUT2D eigenvalue weighted by Crippen LogP contribution is -2.15. The normalized spacial score (nSPS) is 10.2. The number of hydrogen-bond acceptors (Lipinski definition) is 5. The largest absolute Gasteiger partial charge is 0.384 e. The topological polar surface area (TPSA) is 111 Å². The first-order valence-electron chi connectivity index (χ1n) is 5.56. The standard InChI is InChI=1S/C12H8BrClN4O3/c13-7-2-1-6(18(20)21)5-9(7)16-12(19)11-8(14)3-4-10(15)17-11/h1-5H,(H2,15,17)(H,16,19). The predicted octanol–water partition coefficient (Wildman–Crippen LogP) is 3.24. The molecule has 9 heteroatoms. The molecule has 0 atom stereocenters. The minimum atomic E-state index is -0.617. The fourth-order valence-electron chi connectivity index (χ4n) is 1.52. The Labute approximate surface area is 132 Å². The molecule has 7 nitrogen and oxygen atoms in total. The number of anilines is 2. The van der Waals surface area contributed by atoms with Crippen molar-refractivity contribution in [3.05, 3.63) is 55.6 Å². The van der Waals surface area contributed by atoms with Crippen LogP contribution in [0.4, 0.5) is 17.2 Å². The molecule has 0 bridgehead atoms. The Morgan fingerprint density at radius 2 is 2.10 bits per heavy atom. The van der Waals surface area contributed by atoms with E-state index >= 15 is 0 Å². The van der Waals surface area contributed by atoms with Crippen LogP contribution in [0.25, 0.3) is 0 Å². The van der Waals surface area contributed by atoms with Gasteiger partial charge in [-0.05, 0) is 34.1 Å². The minimum Gasteiger partial charge on any atom is -0.384 e. The Hall–Kier alpha value is -2.19. The van der Waals surface area contributed by atoms with Gasteiger partial charge < -0.3 is 11.1 Å². The number of non-ortho nitro benzene ring substituents is 1. The van der Waals surface area contributed by atoms with Gasteiger partial charge in [-0.1, -0.05) is 11.6 Å². The van der Waals surface area contributed by atoms with Gasteiger partial charge in [-0.25, -0.2) is 4.98 Å². The van der Waals surface area contributed by atoms with Crippen LogP contribution in [0.3, 0.4) is 0 Å². The molecule has 0 aliphatic rings. The van der Waals surface area contributed by atoms with Crippen LogP contribution in [0.5, 0.6) is 0 Å². The monoisotopic (exact) mass is 370 g/mol. The number of amides is 1. The number of nitrogen functional groups attached to an aromatic ring is 1. The van der Waals surface area contributed by atoms with E-state index in [9.17, 15) is 14.9 Å². The number of aromatic nitrogens is 1. The Bertz CT molecular complexity index is 738. The molecule has 0 radical (unpaired) electrons. The number of halogens is 2. The van der Waals surface area contributed by atoms with Crippen LogP contribution in [0, 0.1) is 10.1 Å². The summed E-state index contributed by atoms with van der Waals surface area (Å²) in [6.45, 7) is 0. The highest BCUT2D eigenvalue weighted by Gasteiger charge is 2.16. The van der Waals surface area contributed by atoms with Gasteiger partial charge in [0.2, 0.25) is 0 Å². The SMILES string of the molecule is Nc1ccc(Cl)c(C(=O)Nc2cc([N+](=O)[O-])ccc2Br)n1. The van der Waals surface area contributed by atoms with E-state index in [1.165, 1.54) is 30.3 Å². The Morgan fingerprint density at radius 3 is 2.76 bits per heavy atom. The molecule has 0 aliphatic heterocycles. The summed E-state index contributed by atoms with van der Waals surface area (Å²) in [7, 11) is 0. The first kappa shape index (κ1) is 15.2. The number of nitrogens with two attached hydrogens (primary N) is 1. The van der Waals surface area contributed by atoms with Gasteiger partial charge in [0.25, 0.3) is 11.6 Å². The molecule has 0 aliphatic carbocycles. The second-order valence-electron chi connectivity index (χ2n) is 3.94. The van der Waals surface area contributed by atoms with Crippen LogP contribution in [0.2, 0.25) is 5.02 Å². The molecule has 1 aromatic heterocycles. The quantitative estimate of drug-likeness (QED) is 0.635. The van der Waals surface area contributed by atoms with E-state index in [0.717, 1.165) is 0 Å². The van der Waals surface area contributed by atoms with E-state index in [1.807, 2.05) is 0 Å². The van der Waals surface area contributed by atoms with Gasteiger partial charge in [-0.3, -0.25) is 14.9 Å². The summed E-state index contributed by atoms with van der Waals surface area (Å²) in [5.41, 5.74) is 5.52. The van der Waals surface area contributed by atoms with Crippen LogP contribution in [0.1, 0.15) is 10.5 Å². The highest BCUT2D eigenvalue weighted by atomic mass is 79.9. The van der Waals surface area contributed by atoms with Crippen LogP contribution in [-0.4, -0.2) is 15.8 Å². The molecule has 0 spiro atoms. The van der Waals surface area contributed by atoms with Gasteiger partial charge in [-0.2, -0.15) is 0 Å². The van der Waals surface area contributed by atoms with Crippen molar-refractivity contribution in [3.63, 3.8) is 0 Å². The zero-order chi connectivity index (χ0) is 15.6. The molecule has 0 saturated carbocycles. The molecule has 2 aromatic rings. The molecule has 1 heterocycles. The Morgan fingerprint density at radius 1 is 1.38 bits per heavy atom. The van der Waals surface area contributed by atoms with Crippen molar-refractivity contribution in [1.29, 1.82) is 0 Å². The number of nitro groups is 1. The average molecular weight is 372 g/mol. The number of benzene rings is 1. The third-order valence-corrected chi connectivity index (χ3v) is 3.49. The van der Waals surface area contributed by atoms with Gasteiger partial charge >= 0.3 is 0 Å². The Kier molecular flexibility index (Phi) is 4.39. The number of nitrogens with zero attached hydrogens (tertiary/aromatic N) is 2. The zero-order valence-electron chi connectivity index (χ0n) is 10.3. The van der Waals surface area contributed by atoms with E-state index in [2.05, 4.69) is 26.2 Å². The van der Waals surface area contributed by atoms with Crippen molar-refractivity contribution in [3.8, 4) is 0 Å². The molecular formula is C12H8BrClN4O3. The second-order valence-corrected chi connectivity index (χ2v) is 5.20. The summed E-state index contributed by atoms with van der Waals surface area (Å²) in [6.07, 6.45) is 0. The number of pyridine rings is 1. The van der Waals surface area contributed by atoms with E-state index in [-0.39, 0.29) is 27.9 Å². The highest BCUT2D eigenvalue weighted by molar-refractivity contribution is 9.10. The summed E-state index contributed by atoms with van der Waals surface area (Å²) in [5.74, 6) is -0.476. The molecule has 108 valence electrons. The third-order valence-electron chi connectivity index (χ3n) is 2.49. The molecule has 1 amide bonds. The van der Waals surface area contributed by atoms with E-state index in [4.69, 9.17) is 17.3 Å². The predicted molar refractivity (Wildman–Crippen MR) is 82.4 cm³/mol. The Balaban J connectivity index is 2.33. The summed E-state index contributed by atoms with van der Waals surface area (Å²) < 4.78 is 0.487. The summed E-state index contributed by atoms with van der Waals surface area (Å²) in [6, 6.07) is 6.90. The number of carbonyl (C=O) groups is 1. The lowest BCUT2D eigenvalue weighted by atomic mass is 10.2. The highest BCUT2D eigenvalue weighted by Crippen LogP contribution is 2.28. The minimum absolute atomic E-state index is 0.0601. The number of nitro benzene ring substituents is 1. The molecule has 3 N–H and O–H groups in total. The van der Waals surface area contributed by atoms with E-state index in [0.29, 0.717) is 4.47 Å². The van der Waals surface area contributed by atoms with Gasteiger partial charge in [0.15, 0.2) is 0 Å². The summed E-state index contributed by atoms with van der Waals surface area (Å²) in [4.78, 5) is 26.1. The molecule has 2 rings (SSSR count). The molecule has 0 fully saturated rings. The van der Waals surface area contributed by atoms with Crippen molar-refractivity contribution in [2.45, 2.75) is 0 Å². The van der Waals surface area contributed by atoms with Gasteiger partial charge in [0.1, 0.15) is 11.5 Å². The zero-order valence-corrected chi connectivity index (χ0v) is 12.7. The van der Waals surface area contributed by atoms with Crippen LogP contribution in [0.15, 0.2) is 34.8 Å². The lowest BCUT2D eigenvalue weighted by molar-refractivity contribution is -0.384. The van der Waals surface area contributed by atoms with Gasteiger partial charge in [0, 0.05) is 16.6 Å². The van der Waals surface area contributed by atoms with E-state index in [1.54, 1.807) is 0 Å². The first-order valence-corrected chi connectivity index (χ1v) is 6.73. The van der Waals surface area contributed by atoms with Crippen LogP contribution in [-0.2, 0) is 0 Å². The van der Waals surface area contributed by atoms with Gasteiger partial charge in [-0.15, -0.1) is 0 Å². The van der Waals surface area contributed by atoms with Crippen molar-refractivity contribution in [1.82, 2.24) is 4.98 Å². The summed E-state index contributed by atoms with van der Waals surface area (Å²) >= 11 is 9.08. The van der Waals surface area contributed by atoms with E-state index < -0.39 is 10.8 Å². The molecule has 1 aromatic carbocycles. The third kappa shape index (κ3) is 3.47.